The van der Waals surface area contributed by atoms with Crippen molar-refractivity contribution in [3.05, 3.63) is 70.8 Å². The van der Waals surface area contributed by atoms with E-state index in [9.17, 15) is 19.2 Å². The molecule has 0 aliphatic rings. The molecular weight excluding hydrogens is 556 g/mol. The van der Waals surface area contributed by atoms with Crippen LogP contribution in [-0.4, -0.2) is 41.5 Å². The Hall–Kier alpha value is -3.48. The minimum absolute atomic E-state index is 0.489. The first-order valence-corrected chi connectivity index (χ1v) is 15.7. The van der Waals surface area contributed by atoms with Gasteiger partial charge in [0.25, 0.3) is 0 Å². The topological polar surface area (TPSA) is 96.0 Å². The van der Waals surface area contributed by atoms with Crippen LogP contribution in [0.1, 0.15) is 110 Å². The second-order valence-corrected chi connectivity index (χ2v) is 13.9. The molecule has 0 spiro atoms. The summed E-state index contributed by atoms with van der Waals surface area (Å²) in [6, 6.07) is 15.3. The molecule has 0 bridgehead atoms. The average Bonchev–Trinajstić information content (AvgIpc) is 2.92. The molecule has 0 aliphatic heterocycles. The molecule has 0 saturated carbocycles. The molecule has 0 heterocycles. The van der Waals surface area contributed by atoms with Crippen LogP contribution in [0.4, 0.5) is 0 Å². The van der Waals surface area contributed by atoms with Gasteiger partial charge in [0.1, 0.15) is 5.60 Å². The fraction of sp³-hybridized carbons (Fsp3) is 0.568. The summed E-state index contributed by atoms with van der Waals surface area (Å²) in [5.74, 6) is -4.06. The lowest BCUT2D eigenvalue weighted by molar-refractivity contribution is -0.191. The molecular formula is C37H52O7. The van der Waals surface area contributed by atoms with Crippen molar-refractivity contribution < 1.29 is 33.4 Å². The summed E-state index contributed by atoms with van der Waals surface area (Å²) in [5.41, 5.74) is 2.76. The van der Waals surface area contributed by atoms with Crippen molar-refractivity contribution in [2.75, 3.05) is 0 Å². The van der Waals surface area contributed by atoms with Gasteiger partial charge < -0.3 is 14.2 Å². The highest BCUT2D eigenvalue weighted by Crippen LogP contribution is 2.25. The van der Waals surface area contributed by atoms with Crippen molar-refractivity contribution in [2.45, 2.75) is 119 Å². The zero-order chi connectivity index (χ0) is 33.4. The van der Waals surface area contributed by atoms with E-state index in [2.05, 4.69) is 27.7 Å². The maximum atomic E-state index is 13.5. The molecule has 7 heteroatoms. The number of carbonyl (C=O) groups is 4. The van der Waals surface area contributed by atoms with Crippen molar-refractivity contribution in [1.29, 1.82) is 0 Å². The van der Waals surface area contributed by atoms with Crippen molar-refractivity contribution in [3.8, 4) is 0 Å². The van der Waals surface area contributed by atoms with E-state index in [0.717, 1.165) is 24.0 Å². The van der Waals surface area contributed by atoms with Crippen LogP contribution in [-0.2, 0) is 46.2 Å². The Morgan fingerprint density at radius 1 is 0.568 bits per heavy atom. The average molecular weight is 609 g/mol. The number of hydrogen-bond donors (Lipinski definition) is 0. The number of Topliss-reactive ketones (excluding diaryl/α,β-unsaturated/α-hetero) is 1. The predicted octanol–water partition coefficient (Wildman–Crippen LogP) is 7.38. The number of ether oxygens (including phenoxy) is 3. The smallest absolute Gasteiger partial charge is 0.352 e. The Morgan fingerprint density at radius 2 is 0.932 bits per heavy atom. The summed E-state index contributed by atoms with van der Waals surface area (Å²) in [4.78, 5) is 53.8. The van der Waals surface area contributed by atoms with Gasteiger partial charge in [0.15, 0.2) is 5.78 Å². The summed E-state index contributed by atoms with van der Waals surface area (Å²) in [6.07, 6.45) is -1.63. The fourth-order valence-corrected chi connectivity index (χ4v) is 4.75. The Kier molecular flexibility index (Phi) is 13.4. The summed E-state index contributed by atoms with van der Waals surface area (Å²) in [7, 11) is 0. The maximum Gasteiger partial charge on any atom is 0.352 e. The lowest BCUT2D eigenvalue weighted by atomic mass is 9.95. The summed E-state index contributed by atoms with van der Waals surface area (Å²) < 4.78 is 17.0. The van der Waals surface area contributed by atoms with Crippen LogP contribution < -0.4 is 0 Å². The van der Waals surface area contributed by atoms with Crippen molar-refractivity contribution >= 4 is 23.7 Å². The van der Waals surface area contributed by atoms with Gasteiger partial charge in [0.2, 0.25) is 12.2 Å². The van der Waals surface area contributed by atoms with Gasteiger partial charge >= 0.3 is 17.9 Å². The van der Waals surface area contributed by atoms with E-state index in [4.69, 9.17) is 14.2 Å². The van der Waals surface area contributed by atoms with Crippen molar-refractivity contribution in [1.82, 2.24) is 0 Å². The van der Waals surface area contributed by atoms with E-state index in [1.807, 2.05) is 48.5 Å². The van der Waals surface area contributed by atoms with Crippen LogP contribution in [0.5, 0.6) is 0 Å². The number of rotatable bonds is 14. The Balaban J connectivity index is 2.38. The molecule has 7 nitrogen and oxygen atoms in total. The number of esters is 3. The highest BCUT2D eigenvalue weighted by atomic mass is 16.6. The van der Waals surface area contributed by atoms with Gasteiger partial charge in [-0.15, -0.1) is 0 Å². The SMILES string of the molecule is CC(C)Cc1ccc(C(C)C(=O)OC(C(=O)OC(C)(C)C)C(OC(=O)C(C)c2ccc(CC(C)C)cc2)C(=O)C(C)C)cc1. The number of hydrogen-bond acceptors (Lipinski definition) is 7. The molecule has 2 aromatic carbocycles. The maximum absolute atomic E-state index is 13.5. The molecule has 0 saturated heterocycles. The normalized spacial score (nSPS) is 14.6. The van der Waals surface area contributed by atoms with Gasteiger partial charge in [0, 0.05) is 5.92 Å². The lowest BCUT2D eigenvalue weighted by Crippen LogP contribution is -2.50. The van der Waals surface area contributed by atoms with Gasteiger partial charge in [-0.3, -0.25) is 14.4 Å². The first kappa shape index (κ1) is 36.7. The molecule has 0 fully saturated rings. The molecule has 0 radical (unpaired) electrons. The minimum Gasteiger partial charge on any atom is -0.457 e. The van der Waals surface area contributed by atoms with E-state index in [1.165, 1.54) is 0 Å². The molecule has 2 aromatic rings. The summed E-state index contributed by atoms with van der Waals surface area (Å²) in [6.45, 7) is 20.2. The fourth-order valence-electron chi connectivity index (χ4n) is 4.75. The molecule has 0 aromatic heterocycles. The number of ketones is 1. The van der Waals surface area contributed by atoms with E-state index < -0.39 is 59.3 Å². The van der Waals surface area contributed by atoms with Crippen LogP contribution in [0, 0.1) is 17.8 Å². The third-order valence-electron chi connectivity index (χ3n) is 7.20. The van der Waals surface area contributed by atoms with Crippen molar-refractivity contribution in [2.24, 2.45) is 17.8 Å². The van der Waals surface area contributed by atoms with Gasteiger partial charge in [-0.25, -0.2) is 4.79 Å². The van der Waals surface area contributed by atoms with E-state index in [-0.39, 0.29) is 0 Å². The van der Waals surface area contributed by atoms with Crippen molar-refractivity contribution in [3.63, 3.8) is 0 Å². The zero-order valence-electron chi connectivity index (χ0n) is 28.4. The molecule has 44 heavy (non-hydrogen) atoms. The molecule has 0 N–H and O–H groups in total. The van der Waals surface area contributed by atoms with E-state index >= 15 is 0 Å². The highest BCUT2D eigenvalue weighted by molar-refractivity contribution is 5.95. The minimum atomic E-state index is -1.77. The van der Waals surface area contributed by atoms with Crippen LogP contribution in [0.15, 0.2) is 48.5 Å². The van der Waals surface area contributed by atoms with Gasteiger partial charge in [-0.2, -0.15) is 0 Å². The molecule has 4 atom stereocenters. The van der Waals surface area contributed by atoms with Gasteiger partial charge in [0.05, 0.1) is 11.8 Å². The third kappa shape index (κ3) is 11.2. The molecule has 2 rings (SSSR count). The van der Waals surface area contributed by atoms with E-state index in [1.54, 1.807) is 48.5 Å². The van der Waals surface area contributed by atoms with Crippen LogP contribution in [0.2, 0.25) is 0 Å². The zero-order valence-corrected chi connectivity index (χ0v) is 28.4. The number of carbonyl (C=O) groups excluding carboxylic acids is 4. The Bertz CT molecular complexity index is 1250. The molecule has 0 amide bonds. The van der Waals surface area contributed by atoms with Crippen LogP contribution in [0.25, 0.3) is 0 Å². The second kappa shape index (κ2) is 16.0. The predicted molar refractivity (Wildman–Crippen MR) is 172 cm³/mol. The standard InChI is InChI=1S/C37H52O7/c1-22(2)20-27-12-16-29(17-13-27)25(7)34(39)42-32(31(38)24(5)6)33(36(41)44-37(9,10)11)43-35(40)26(8)30-18-14-28(15-19-30)21-23(3)4/h12-19,22-26,32-33H,20-21H2,1-11H3. The third-order valence-corrected chi connectivity index (χ3v) is 7.20. The van der Waals surface area contributed by atoms with Gasteiger partial charge in [-0.1, -0.05) is 90.1 Å². The Morgan fingerprint density at radius 3 is 1.25 bits per heavy atom. The molecule has 0 aliphatic carbocycles. The first-order chi connectivity index (χ1) is 20.4. The molecule has 4 unspecified atom stereocenters. The monoisotopic (exact) mass is 608 g/mol. The van der Waals surface area contributed by atoms with Crippen LogP contribution >= 0.6 is 0 Å². The highest BCUT2D eigenvalue weighted by Gasteiger charge is 2.44. The quantitative estimate of drug-likeness (QED) is 0.163. The first-order valence-electron chi connectivity index (χ1n) is 15.7. The number of benzene rings is 2. The second-order valence-electron chi connectivity index (χ2n) is 13.9. The summed E-state index contributed by atoms with van der Waals surface area (Å²) >= 11 is 0. The molecule has 242 valence electrons. The summed E-state index contributed by atoms with van der Waals surface area (Å²) in [5, 5.41) is 0. The van der Waals surface area contributed by atoms with Crippen LogP contribution in [0.3, 0.4) is 0 Å². The van der Waals surface area contributed by atoms with Gasteiger partial charge in [-0.05, 0) is 81.5 Å². The Labute approximate surface area is 264 Å². The largest absolute Gasteiger partial charge is 0.457 e. The van der Waals surface area contributed by atoms with E-state index in [0.29, 0.717) is 23.0 Å². The lowest BCUT2D eigenvalue weighted by Gasteiger charge is -2.30.